The van der Waals surface area contributed by atoms with E-state index in [0.29, 0.717) is 12.3 Å². The lowest BCUT2D eigenvalue weighted by molar-refractivity contribution is 0.156. The quantitative estimate of drug-likeness (QED) is 0.662. The Bertz CT molecular complexity index is 336. The molecule has 4 heteroatoms. The molecule has 0 bridgehead atoms. The summed E-state index contributed by atoms with van der Waals surface area (Å²) >= 11 is 0. The van der Waals surface area contributed by atoms with Gasteiger partial charge >= 0.3 is 0 Å². The van der Waals surface area contributed by atoms with Crippen LogP contribution >= 0.6 is 0 Å². The van der Waals surface area contributed by atoms with E-state index in [1.165, 1.54) is 25.7 Å². The van der Waals surface area contributed by atoms with Crippen molar-refractivity contribution in [2.24, 2.45) is 5.92 Å². The molecule has 0 saturated heterocycles. The summed E-state index contributed by atoms with van der Waals surface area (Å²) in [5, 5.41) is 14.3. The molecule has 1 N–H and O–H groups in total. The third-order valence-corrected chi connectivity index (χ3v) is 3.29. The fourth-order valence-electron chi connectivity index (χ4n) is 2.24. The number of hydrogen-bond acceptors (Lipinski definition) is 3. The smallest absolute Gasteiger partial charge is 0.138 e. The highest BCUT2D eigenvalue weighted by Gasteiger charge is 2.11. The van der Waals surface area contributed by atoms with E-state index in [1.807, 2.05) is 4.68 Å². The van der Waals surface area contributed by atoms with E-state index in [1.54, 1.807) is 6.33 Å². The summed E-state index contributed by atoms with van der Waals surface area (Å²) in [6.45, 7) is 7.42. The molecule has 1 atom stereocenters. The van der Waals surface area contributed by atoms with Crippen molar-refractivity contribution in [1.29, 1.82) is 0 Å². The van der Waals surface area contributed by atoms with Crippen molar-refractivity contribution >= 4 is 0 Å². The van der Waals surface area contributed by atoms with E-state index in [2.05, 4.69) is 30.9 Å². The zero-order valence-corrected chi connectivity index (χ0v) is 12.7. The SMILES string of the molecule is CCCCCCCC(O)Cc1ncnn1CC(C)C. The van der Waals surface area contributed by atoms with Gasteiger partial charge in [-0.1, -0.05) is 52.9 Å². The fraction of sp³-hybridized carbons (Fsp3) is 0.867. The van der Waals surface area contributed by atoms with Gasteiger partial charge in [0, 0.05) is 13.0 Å². The van der Waals surface area contributed by atoms with Crippen LogP contribution in [0.3, 0.4) is 0 Å². The van der Waals surface area contributed by atoms with Gasteiger partial charge in [0.25, 0.3) is 0 Å². The van der Waals surface area contributed by atoms with E-state index in [9.17, 15) is 5.11 Å². The Morgan fingerprint density at radius 1 is 1.21 bits per heavy atom. The maximum absolute atomic E-state index is 10.1. The van der Waals surface area contributed by atoms with E-state index in [4.69, 9.17) is 0 Å². The van der Waals surface area contributed by atoms with Crippen molar-refractivity contribution in [3.63, 3.8) is 0 Å². The van der Waals surface area contributed by atoms with Gasteiger partial charge in [0.2, 0.25) is 0 Å². The summed E-state index contributed by atoms with van der Waals surface area (Å²) in [7, 11) is 0. The van der Waals surface area contributed by atoms with Crippen molar-refractivity contribution in [3.8, 4) is 0 Å². The van der Waals surface area contributed by atoms with Gasteiger partial charge < -0.3 is 5.11 Å². The molecule has 0 fully saturated rings. The second-order valence-electron chi connectivity index (χ2n) is 5.81. The third kappa shape index (κ3) is 6.71. The lowest BCUT2D eigenvalue weighted by Crippen LogP contribution is -2.17. The number of aromatic nitrogens is 3. The number of rotatable bonds is 10. The average Bonchev–Trinajstić information content (AvgIpc) is 2.75. The summed E-state index contributed by atoms with van der Waals surface area (Å²) in [5.41, 5.74) is 0. The first kappa shape index (κ1) is 16.2. The molecule has 0 radical (unpaired) electrons. The molecule has 1 heterocycles. The number of unbranched alkanes of at least 4 members (excludes halogenated alkanes) is 4. The minimum Gasteiger partial charge on any atom is -0.393 e. The van der Waals surface area contributed by atoms with E-state index in [0.717, 1.165) is 25.2 Å². The van der Waals surface area contributed by atoms with Crippen LogP contribution in [0, 0.1) is 5.92 Å². The van der Waals surface area contributed by atoms with Gasteiger partial charge in [0.15, 0.2) is 0 Å². The lowest BCUT2D eigenvalue weighted by Gasteiger charge is -2.12. The Labute approximate surface area is 117 Å². The fourth-order valence-corrected chi connectivity index (χ4v) is 2.24. The molecule has 1 rings (SSSR count). The minimum absolute atomic E-state index is 0.281. The van der Waals surface area contributed by atoms with Gasteiger partial charge in [-0.2, -0.15) is 5.10 Å². The highest BCUT2D eigenvalue weighted by molar-refractivity contribution is 4.87. The summed E-state index contributed by atoms with van der Waals surface area (Å²) in [6.07, 6.45) is 9.00. The molecule has 4 nitrogen and oxygen atoms in total. The molecule has 0 aliphatic heterocycles. The molecule has 0 saturated carbocycles. The van der Waals surface area contributed by atoms with Gasteiger partial charge in [-0.05, 0) is 12.3 Å². The van der Waals surface area contributed by atoms with Crippen LogP contribution < -0.4 is 0 Å². The van der Waals surface area contributed by atoms with Crippen LogP contribution in [0.2, 0.25) is 0 Å². The van der Waals surface area contributed by atoms with Crippen LogP contribution in [0.15, 0.2) is 6.33 Å². The van der Waals surface area contributed by atoms with Gasteiger partial charge in [-0.25, -0.2) is 9.67 Å². The van der Waals surface area contributed by atoms with Crippen molar-refractivity contribution in [1.82, 2.24) is 14.8 Å². The summed E-state index contributed by atoms with van der Waals surface area (Å²) < 4.78 is 1.92. The third-order valence-electron chi connectivity index (χ3n) is 3.29. The average molecular weight is 267 g/mol. The minimum atomic E-state index is -0.281. The van der Waals surface area contributed by atoms with Crippen molar-refractivity contribution in [2.75, 3.05) is 0 Å². The second kappa shape index (κ2) is 9.08. The molecular weight excluding hydrogens is 238 g/mol. The van der Waals surface area contributed by atoms with Crippen LogP contribution in [0.25, 0.3) is 0 Å². The molecule has 0 aliphatic carbocycles. The Kier molecular flexibility index (Phi) is 7.72. The summed E-state index contributed by atoms with van der Waals surface area (Å²) in [5.74, 6) is 1.46. The first-order chi connectivity index (χ1) is 9.13. The van der Waals surface area contributed by atoms with E-state index >= 15 is 0 Å². The topological polar surface area (TPSA) is 50.9 Å². The Hall–Kier alpha value is -0.900. The molecule has 1 aromatic rings. The van der Waals surface area contributed by atoms with Gasteiger partial charge in [0.1, 0.15) is 12.2 Å². The number of aliphatic hydroxyl groups is 1. The molecular formula is C15H29N3O. The first-order valence-electron chi connectivity index (χ1n) is 7.68. The summed E-state index contributed by atoms with van der Waals surface area (Å²) in [4.78, 5) is 4.26. The Morgan fingerprint density at radius 3 is 2.63 bits per heavy atom. The van der Waals surface area contributed by atoms with Gasteiger partial charge in [-0.15, -0.1) is 0 Å². The zero-order chi connectivity index (χ0) is 14.1. The largest absolute Gasteiger partial charge is 0.393 e. The normalized spacial score (nSPS) is 13.1. The first-order valence-corrected chi connectivity index (χ1v) is 7.68. The Balaban J connectivity index is 2.27. The Morgan fingerprint density at radius 2 is 1.95 bits per heavy atom. The van der Waals surface area contributed by atoms with Crippen LogP contribution in [0.4, 0.5) is 0 Å². The zero-order valence-electron chi connectivity index (χ0n) is 12.7. The number of nitrogens with zero attached hydrogens (tertiary/aromatic N) is 3. The standard InChI is InChI=1S/C15H29N3O/c1-4-5-6-7-8-9-14(19)10-15-16-12-17-18(15)11-13(2)3/h12-14,19H,4-11H2,1-3H3. The second-order valence-corrected chi connectivity index (χ2v) is 5.81. The van der Waals surface area contributed by atoms with Crippen molar-refractivity contribution < 1.29 is 5.11 Å². The number of aliphatic hydroxyl groups excluding tert-OH is 1. The maximum atomic E-state index is 10.1. The van der Waals surface area contributed by atoms with Gasteiger partial charge in [-0.3, -0.25) is 0 Å². The van der Waals surface area contributed by atoms with Crippen molar-refractivity contribution in [2.45, 2.75) is 78.4 Å². The van der Waals surface area contributed by atoms with Crippen LogP contribution in [0.5, 0.6) is 0 Å². The lowest BCUT2D eigenvalue weighted by atomic mass is 10.1. The molecule has 1 aromatic heterocycles. The highest BCUT2D eigenvalue weighted by atomic mass is 16.3. The van der Waals surface area contributed by atoms with E-state index in [-0.39, 0.29) is 6.10 Å². The summed E-state index contributed by atoms with van der Waals surface area (Å²) in [6, 6.07) is 0. The van der Waals surface area contributed by atoms with Crippen LogP contribution in [0.1, 0.15) is 65.1 Å². The predicted molar refractivity (Wildman–Crippen MR) is 77.9 cm³/mol. The molecule has 0 aliphatic rings. The number of hydrogen-bond donors (Lipinski definition) is 1. The molecule has 1 unspecified atom stereocenters. The van der Waals surface area contributed by atoms with E-state index < -0.39 is 0 Å². The molecule has 0 aromatic carbocycles. The highest BCUT2D eigenvalue weighted by Crippen LogP contribution is 2.11. The molecule has 0 amide bonds. The van der Waals surface area contributed by atoms with Crippen LogP contribution in [-0.4, -0.2) is 26.0 Å². The molecule has 19 heavy (non-hydrogen) atoms. The predicted octanol–water partition coefficient (Wildman–Crippen LogP) is 3.20. The maximum Gasteiger partial charge on any atom is 0.138 e. The molecule has 0 spiro atoms. The van der Waals surface area contributed by atoms with Crippen LogP contribution in [-0.2, 0) is 13.0 Å². The molecule has 110 valence electrons. The van der Waals surface area contributed by atoms with Crippen molar-refractivity contribution in [3.05, 3.63) is 12.2 Å². The van der Waals surface area contributed by atoms with Gasteiger partial charge in [0.05, 0.1) is 6.10 Å². The monoisotopic (exact) mass is 267 g/mol.